The zero-order chi connectivity index (χ0) is 18.1. The second-order valence-corrected chi connectivity index (χ2v) is 6.71. The van der Waals surface area contributed by atoms with Crippen LogP contribution in [0.1, 0.15) is 30.8 Å². The average molecular weight is 342 g/mol. The quantitative estimate of drug-likeness (QED) is 0.530. The van der Waals surface area contributed by atoms with Crippen molar-refractivity contribution in [2.75, 3.05) is 5.32 Å². The molecule has 0 bridgehead atoms. The lowest BCUT2D eigenvalue weighted by Crippen LogP contribution is -2.13. The molecule has 0 spiro atoms. The molecule has 1 aromatic heterocycles. The molecule has 0 radical (unpaired) electrons. The average Bonchev–Trinajstić information content (AvgIpc) is 3.20. The number of carbonyl (C=O) groups is 1. The first-order chi connectivity index (χ1) is 12.7. The maximum Gasteiger partial charge on any atom is 0.266 e. The summed E-state index contributed by atoms with van der Waals surface area (Å²) in [5.41, 5.74) is 0.698. The van der Waals surface area contributed by atoms with Gasteiger partial charge < -0.3 is 9.73 Å². The molecule has 1 heterocycles. The number of nitriles is 1. The summed E-state index contributed by atoms with van der Waals surface area (Å²) in [6.07, 6.45) is 2.63. The van der Waals surface area contributed by atoms with E-state index in [1.54, 1.807) is 0 Å². The molecule has 1 fully saturated rings. The smallest absolute Gasteiger partial charge is 0.266 e. The van der Waals surface area contributed by atoms with Crippen molar-refractivity contribution in [3.8, 4) is 6.07 Å². The summed E-state index contributed by atoms with van der Waals surface area (Å²) in [4.78, 5) is 12.6. The first kappa shape index (κ1) is 16.2. The Morgan fingerprint density at radius 3 is 2.73 bits per heavy atom. The van der Waals surface area contributed by atoms with Crippen LogP contribution in [0.3, 0.4) is 0 Å². The monoisotopic (exact) mass is 342 g/mol. The molecule has 1 N–H and O–H groups in total. The second kappa shape index (κ2) is 6.53. The molecule has 0 unspecified atom stereocenters. The maximum absolute atomic E-state index is 12.6. The van der Waals surface area contributed by atoms with Gasteiger partial charge in [0.2, 0.25) is 0 Å². The number of furan rings is 1. The van der Waals surface area contributed by atoms with Gasteiger partial charge in [-0.3, -0.25) is 4.79 Å². The van der Waals surface area contributed by atoms with Gasteiger partial charge >= 0.3 is 0 Å². The SMILES string of the molecule is C[C@H]1C[C@@H]1c1ccc(/C=C(\C#N)C(=O)Nc2cccc3ccccc23)o1. The predicted octanol–water partition coefficient (Wildman–Crippen LogP) is 5.10. The lowest BCUT2D eigenvalue weighted by atomic mass is 10.1. The van der Waals surface area contributed by atoms with Gasteiger partial charge in [0.05, 0.1) is 0 Å². The summed E-state index contributed by atoms with van der Waals surface area (Å²) >= 11 is 0. The highest BCUT2D eigenvalue weighted by Crippen LogP contribution is 2.47. The highest BCUT2D eigenvalue weighted by Gasteiger charge is 2.36. The number of benzene rings is 2. The third kappa shape index (κ3) is 3.12. The topological polar surface area (TPSA) is 66.0 Å². The normalized spacial score (nSPS) is 19.2. The summed E-state index contributed by atoms with van der Waals surface area (Å²) in [5.74, 6) is 2.12. The van der Waals surface area contributed by atoms with Crippen molar-refractivity contribution < 1.29 is 9.21 Å². The van der Waals surface area contributed by atoms with Gasteiger partial charge in [-0.1, -0.05) is 43.3 Å². The van der Waals surface area contributed by atoms with Crippen LogP contribution in [0, 0.1) is 17.2 Å². The Morgan fingerprint density at radius 1 is 1.19 bits per heavy atom. The van der Waals surface area contributed by atoms with E-state index in [1.807, 2.05) is 60.7 Å². The van der Waals surface area contributed by atoms with Crippen molar-refractivity contribution in [2.45, 2.75) is 19.3 Å². The van der Waals surface area contributed by atoms with E-state index in [1.165, 1.54) is 6.08 Å². The van der Waals surface area contributed by atoms with Crippen LogP contribution in [0.15, 0.2) is 64.6 Å². The number of carbonyl (C=O) groups excluding carboxylic acids is 1. The highest BCUT2D eigenvalue weighted by atomic mass is 16.3. The van der Waals surface area contributed by atoms with E-state index in [9.17, 15) is 10.1 Å². The van der Waals surface area contributed by atoms with Crippen molar-refractivity contribution in [1.82, 2.24) is 0 Å². The zero-order valence-electron chi connectivity index (χ0n) is 14.4. The van der Waals surface area contributed by atoms with Gasteiger partial charge in [0, 0.05) is 23.1 Å². The molecule has 1 aliphatic rings. The molecule has 4 nitrogen and oxygen atoms in total. The summed E-state index contributed by atoms with van der Waals surface area (Å²) < 4.78 is 5.77. The zero-order valence-corrected chi connectivity index (χ0v) is 14.4. The third-order valence-electron chi connectivity index (χ3n) is 4.81. The lowest BCUT2D eigenvalue weighted by Gasteiger charge is -2.08. The number of nitrogens with zero attached hydrogens (tertiary/aromatic N) is 1. The summed E-state index contributed by atoms with van der Waals surface area (Å²) in [5, 5.41) is 14.2. The molecular formula is C22H18N2O2. The third-order valence-corrected chi connectivity index (χ3v) is 4.81. The molecule has 4 rings (SSSR count). The number of rotatable bonds is 4. The fourth-order valence-corrected chi connectivity index (χ4v) is 3.18. The second-order valence-electron chi connectivity index (χ2n) is 6.71. The maximum atomic E-state index is 12.6. The number of hydrogen-bond donors (Lipinski definition) is 1. The molecule has 0 saturated heterocycles. The number of hydrogen-bond acceptors (Lipinski definition) is 3. The highest BCUT2D eigenvalue weighted by molar-refractivity contribution is 6.12. The van der Waals surface area contributed by atoms with Crippen LogP contribution in [-0.4, -0.2) is 5.91 Å². The van der Waals surface area contributed by atoms with Crippen LogP contribution in [0.25, 0.3) is 16.8 Å². The van der Waals surface area contributed by atoms with Gasteiger partial charge in [-0.2, -0.15) is 5.26 Å². The van der Waals surface area contributed by atoms with Crippen molar-refractivity contribution in [3.63, 3.8) is 0 Å². The van der Waals surface area contributed by atoms with Crippen LogP contribution in [0.2, 0.25) is 0 Å². The minimum absolute atomic E-state index is 0.0164. The molecule has 1 amide bonds. The number of anilines is 1. The fraction of sp³-hybridized carbons (Fsp3) is 0.182. The first-order valence-electron chi connectivity index (χ1n) is 8.66. The molecule has 26 heavy (non-hydrogen) atoms. The van der Waals surface area contributed by atoms with Gasteiger partial charge in [-0.15, -0.1) is 0 Å². The Labute approximate surface area is 151 Å². The molecule has 1 saturated carbocycles. The Bertz CT molecular complexity index is 1050. The van der Waals surface area contributed by atoms with E-state index in [-0.39, 0.29) is 5.57 Å². The standard InChI is InChI=1S/C22H18N2O2/c1-14-11-19(14)21-10-9-17(26-21)12-16(13-23)22(25)24-20-8-4-6-15-5-2-3-7-18(15)20/h2-10,12,14,19H,11H2,1H3,(H,24,25)/b16-12+/t14-,19-/m0/s1. The van der Waals surface area contributed by atoms with Gasteiger partial charge in [-0.05, 0) is 35.9 Å². The van der Waals surface area contributed by atoms with Crippen molar-refractivity contribution >= 4 is 28.4 Å². The Balaban J connectivity index is 1.57. The number of nitrogens with one attached hydrogen (secondary N) is 1. The van der Waals surface area contributed by atoms with Crippen LogP contribution in [0.4, 0.5) is 5.69 Å². The molecule has 0 aliphatic heterocycles. The van der Waals surface area contributed by atoms with Crippen LogP contribution < -0.4 is 5.32 Å². The largest absolute Gasteiger partial charge is 0.461 e. The number of amides is 1. The van der Waals surface area contributed by atoms with Gasteiger partial charge in [-0.25, -0.2) is 0 Å². The van der Waals surface area contributed by atoms with E-state index >= 15 is 0 Å². The van der Waals surface area contributed by atoms with Crippen molar-refractivity contribution in [1.29, 1.82) is 5.26 Å². The summed E-state index contributed by atoms with van der Waals surface area (Å²) in [7, 11) is 0. The van der Waals surface area contributed by atoms with Gasteiger partial charge in [0.1, 0.15) is 23.2 Å². The van der Waals surface area contributed by atoms with Crippen LogP contribution in [0.5, 0.6) is 0 Å². The molecule has 1 aliphatic carbocycles. The van der Waals surface area contributed by atoms with Crippen LogP contribution in [-0.2, 0) is 4.79 Å². The Kier molecular flexibility index (Phi) is 4.06. The fourth-order valence-electron chi connectivity index (χ4n) is 3.18. The van der Waals surface area contributed by atoms with E-state index < -0.39 is 5.91 Å². The molecule has 2 atom stereocenters. The van der Waals surface area contributed by atoms with Crippen LogP contribution >= 0.6 is 0 Å². The first-order valence-corrected chi connectivity index (χ1v) is 8.66. The predicted molar refractivity (Wildman–Crippen MR) is 101 cm³/mol. The molecule has 4 heteroatoms. The molecule has 2 aromatic carbocycles. The minimum atomic E-state index is -0.443. The summed E-state index contributed by atoms with van der Waals surface area (Å²) in [6.45, 7) is 2.18. The van der Waals surface area contributed by atoms with Crippen molar-refractivity contribution in [2.24, 2.45) is 5.92 Å². The van der Waals surface area contributed by atoms with E-state index in [2.05, 4.69) is 12.2 Å². The van der Waals surface area contributed by atoms with Crippen molar-refractivity contribution in [3.05, 3.63) is 71.7 Å². The van der Waals surface area contributed by atoms with E-state index in [0.717, 1.165) is 23.0 Å². The van der Waals surface area contributed by atoms with E-state index in [4.69, 9.17) is 4.42 Å². The lowest BCUT2D eigenvalue weighted by molar-refractivity contribution is -0.112. The van der Waals surface area contributed by atoms with E-state index in [0.29, 0.717) is 23.3 Å². The minimum Gasteiger partial charge on any atom is -0.461 e. The molecular weight excluding hydrogens is 324 g/mol. The Morgan fingerprint density at radius 2 is 1.96 bits per heavy atom. The molecule has 128 valence electrons. The number of fused-ring (bicyclic) bond motifs is 1. The van der Waals surface area contributed by atoms with Gasteiger partial charge in [0.25, 0.3) is 5.91 Å². The summed E-state index contributed by atoms with van der Waals surface area (Å²) in [6, 6.07) is 19.2. The molecule has 3 aromatic rings. The Hall–Kier alpha value is -3.32. The van der Waals surface area contributed by atoms with Gasteiger partial charge in [0.15, 0.2) is 0 Å².